The number of furan rings is 1. The van der Waals surface area contributed by atoms with Crippen LogP contribution in [0.25, 0.3) is 0 Å². The number of methoxy groups -OCH3 is 1. The Labute approximate surface area is 133 Å². The quantitative estimate of drug-likeness (QED) is 0.705. The molecule has 0 N–H and O–H groups in total. The van der Waals surface area contributed by atoms with Crippen LogP contribution >= 0.6 is 0 Å². The highest BCUT2D eigenvalue weighted by molar-refractivity contribution is 5.95. The molecule has 23 heavy (non-hydrogen) atoms. The zero-order valence-corrected chi connectivity index (χ0v) is 12.5. The molecule has 5 heteroatoms. The van der Waals surface area contributed by atoms with Crippen molar-refractivity contribution in [2.75, 3.05) is 12.0 Å². The van der Waals surface area contributed by atoms with Crippen LogP contribution < -0.4 is 14.4 Å². The second kappa shape index (κ2) is 6.70. The van der Waals surface area contributed by atoms with Gasteiger partial charge < -0.3 is 13.9 Å². The predicted octanol–water partition coefficient (Wildman–Crippen LogP) is 4.63. The maximum absolute atomic E-state index is 12.6. The molecule has 0 aliphatic carbocycles. The number of hydrogen-bond donors (Lipinski definition) is 0. The summed E-state index contributed by atoms with van der Waals surface area (Å²) in [6, 6.07) is 19.3. The standard InChI is InChI=1S/C18H15NO4/c1-21-15-11-9-14(10-12-15)19(17-8-5-13-22-17)18(20)23-16-6-3-2-4-7-16/h2-13H,1H3. The van der Waals surface area contributed by atoms with Gasteiger partial charge >= 0.3 is 6.09 Å². The summed E-state index contributed by atoms with van der Waals surface area (Å²) in [5, 5.41) is 0. The lowest BCUT2D eigenvalue weighted by Gasteiger charge is -2.19. The lowest BCUT2D eigenvalue weighted by atomic mass is 10.3. The van der Waals surface area contributed by atoms with Crippen molar-refractivity contribution < 1.29 is 18.7 Å². The minimum atomic E-state index is -0.559. The van der Waals surface area contributed by atoms with Crippen LogP contribution in [0.4, 0.5) is 16.4 Å². The second-order valence-electron chi connectivity index (χ2n) is 4.67. The molecular weight excluding hydrogens is 294 g/mol. The molecule has 0 atom stereocenters. The van der Waals surface area contributed by atoms with Crippen molar-refractivity contribution in [3.63, 3.8) is 0 Å². The molecular formula is C18H15NO4. The Morgan fingerprint density at radius 1 is 0.913 bits per heavy atom. The first-order chi connectivity index (χ1) is 11.3. The van der Waals surface area contributed by atoms with Crippen LogP contribution in [0.5, 0.6) is 11.5 Å². The molecule has 0 radical (unpaired) electrons. The molecule has 3 rings (SSSR count). The third-order valence-electron chi connectivity index (χ3n) is 3.19. The van der Waals surface area contributed by atoms with Crippen LogP contribution in [0.15, 0.2) is 77.4 Å². The fourth-order valence-corrected chi connectivity index (χ4v) is 2.09. The van der Waals surface area contributed by atoms with Crippen molar-refractivity contribution in [3.8, 4) is 11.5 Å². The van der Waals surface area contributed by atoms with Gasteiger partial charge in [0.25, 0.3) is 0 Å². The van der Waals surface area contributed by atoms with Crippen molar-refractivity contribution in [2.24, 2.45) is 0 Å². The molecule has 1 aromatic heterocycles. The Morgan fingerprint density at radius 3 is 2.26 bits per heavy atom. The van der Waals surface area contributed by atoms with E-state index in [0.717, 1.165) is 0 Å². The lowest BCUT2D eigenvalue weighted by Crippen LogP contribution is -2.28. The van der Waals surface area contributed by atoms with Gasteiger partial charge in [0.05, 0.1) is 19.1 Å². The summed E-state index contributed by atoms with van der Waals surface area (Å²) in [6.07, 6.45) is 0.943. The molecule has 0 aliphatic heterocycles. The van der Waals surface area contributed by atoms with Gasteiger partial charge in [0.1, 0.15) is 11.5 Å². The Bertz CT molecular complexity index is 751. The summed E-state index contributed by atoms with van der Waals surface area (Å²) in [4.78, 5) is 13.9. The highest BCUT2D eigenvalue weighted by atomic mass is 16.6. The average Bonchev–Trinajstić information content (AvgIpc) is 3.11. The molecule has 5 nitrogen and oxygen atoms in total. The number of carbonyl (C=O) groups is 1. The van der Waals surface area contributed by atoms with Crippen molar-refractivity contribution in [1.29, 1.82) is 0 Å². The number of anilines is 2. The minimum absolute atomic E-state index is 0.371. The van der Waals surface area contributed by atoms with Gasteiger partial charge in [-0.1, -0.05) is 18.2 Å². The third kappa shape index (κ3) is 3.35. The molecule has 0 spiro atoms. The van der Waals surface area contributed by atoms with E-state index in [2.05, 4.69) is 0 Å². The number of para-hydroxylation sites is 1. The summed E-state index contributed by atoms with van der Waals surface area (Å²) in [6.45, 7) is 0. The van der Waals surface area contributed by atoms with E-state index in [1.807, 2.05) is 6.07 Å². The number of hydrogen-bond acceptors (Lipinski definition) is 4. The number of carbonyl (C=O) groups excluding carboxylic acids is 1. The number of rotatable bonds is 4. The maximum atomic E-state index is 12.6. The summed E-state index contributed by atoms with van der Waals surface area (Å²) in [5.41, 5.74) is 0.613. The van der Waals surface area contributed by atoms with Crippen LogP contribution in [0.2, 0.25) is 0 Å². The second-order valence-corrected chi connectivity index (χ2v) is 4.67. The van der Waals surface area contributed by atoms with Crippen molar-refractivity contribution in [1.82, 2.24) is 0 Å². The van der Waals surface area contributed by atoms with E-state index < -0.39 is 6.09 Å². The number of nitrogens with zero attached hydrogens (tertiary/aromatic N) is 1. The molecule has 3 aromatic rings. The Morgan fingerprint density at radius 2 is 1.65 bits per heavy atom. The molecule has 0 bridgehead atoms. The molecule has 0 saturated heterocycles. The van der Waals surface area contributed by atoms with E-state index in [9.17, 15) is 4.79 Å². The van der Waals surface area contributed by atoms with E-state index in [1.54, 1.807) is 67.8 Å². The summed E-state index contributed by atoms with van der Waals surface area (Å²) >= 11 is 0. The fraction of sp³-hybridized carbons (Fsp3) is 0.0556. The Kier molecular flexibility index (Phi) is 4.29. The molecule has 0 fully saturated rings. The topological polar surface area (TPSA) is 51.9 Å². The first-order valence-electron chi connectivity index (χ1n) is 7.02. The normalized spacial score (nSPS) is 10.1. The average molecular weight is 309 g/mol. The predicted molar refractivity (Wildman–Crippen MR) is 86.3 cm³/mol. The molecule has 116 valence electrons. The van der Waals surface area contributed by atoms with E-state index in [1.165, 1.54) is 11.2 Å². The molecule has 1 amide bonds. The van der Waals surface area contributed by atoms with Crippen LogP contribution in [0.1, 0.15) is 0 Å². The van der Waals surface area contributed by atoms with Crippen molar-refractivity contribution >= 4 is 17.7 Å². The molecule has 0 saturated carbocycles. The Hall–Kier alpha value is -3.21. The smallest absolute Gasteiger partial charge is 0.426 e. The lowest BCUT2D eigenvalue weighted by molar-refractivity contribution is 0.209. The largest absolute Gasteiger partial charge is 0.497 e. The molecule has 1 heterocycles. The first kappa shape index (κ1) is 14.7. The van der Waals surface area contributed by atoms with Gasteiger partial charge in [-0.05, 0) is 42.5 Å². The summed E-state index contributed by atoms with van der Waals surface area (Å²) in [5.74, 6) is 1.53. The van der Waals surface area contributed by atoms with E-state index in [0.29, 0.717) is 23.1 Å². The number of amides is 1. The van der Waals surface area contributed by atoms with Gasteiger partial charge in [-0.25, -0.2) is 9.69 Å². The van der Waals surface area contributed by atoms with E-state index in [-0.39, 0.29) is 0 Å². The zero-order valence-electron chi connectivity index (χ0n) is 12.5. The molecule has 2 aromatic carbocycles. The zero-order chi connectivity index (χ0) is 16.1. The van der Waals surface area contributed by atoms with Crippen LogP contribution in [0.3, 0.4) is 0 Å². The van der Waals surface area contributed by atoms with Gasteiger partial charge in [0.15, 0.2) is 0 Å². The van der Waals surface area contributed by atoms with E-state index >= 15 is 0 Å². The first-order valence-corrected chi connectivity index (χ1v) is 7.02. The third-order valence-corrected chi connectivity index (χ3v) is 3.19. The van der Waals surface area contributed by atoms with Crippen LogP contribution in [-0.2, 0) is 0 Å². The molecule has 0 aliphatic rings. The van der Waals surface area contributed by atoms with Gasteiger partial charge in [-0.2, -0.15) is 0 Å². The van der Waals surface area contributed by atoms with Crippen LogP contribution in [0, 0.1) is 0 Å². The van der Waals surface area contributed by atoms with Crippen molar-refractivity contribution in [3.05, 3.63) is 73.0 Å². The summed E-state index contributed by atoms with van der Waals surface area (Å²) < 4.78 is 15.9. The SMILES string of the molecule is COc1ccc(N(C(=O)Oc2ccccc2)c2ccco2)cc1. The highest BCUT2D eigenvalue weighted by Gasteiger charge is 2.22. The maximum Gasteiger partial charge on any atom is 0.426 e. The van der Waals surface area contributed by atoms with Gasteiger partial charge in [-0.15, -0.1) is 0 Å². The van der Waals surface area contributed by atoms with Crippen LogP contribution in [-0.4, -0.2) is 13.2 Å². The fourth-order valence-electron chi connectivity index (χ4n) is 2.09. The number of benzene rings is 2. The minimum Gasteiger partial charge on any atom is -0.497 e. The monoisotopic (exact) mass is 309 g/mol. The van der Waals surface area contributed by atoms with E-state index in [4.69, 9.17) is 13.9 Å². The van der Waals surface area contributed by atoms with Gasteiger partial charge in [0.2, 0.25) is 5.88 Å². The summed E-state index contributed by atoms with van der Waals surface area (Å²) in [7, 11) is 1.59. The Balaban J connectivity index is 1.90. The molecule has 0 unspecified atom stereocenters. The number of ether oxygens (including phenoxy) is 2. The highest BCUT2D eigenvalue weighted by Crippen LogP contribution is 2.28. The van der Waals surface area contributed by atoms with Crippen molar-refractivity contribution in [2.45, 2.75) is 0 Å². The van der Waals surface area contributed by atoms with Gasteiger partial charge in [-0.3, -0.25) is 0 Å². The van der Waals surface area contributed by atoms with Gasteiger partial charge in [0, 0.05) is 6.07 Å².